The Balaban J connectivity index is 1.76. The second kappa shape index (κ2) is 7.66. The highest BCUT2D eigenvalue weighted by molar-refractivity contribution is 5.99. The van der Waals surface area contributed by atoms with E-state index in [-0.39, 0.29) is 30.2 Å². The van der Waals surface area contributed by atoms with Crippen LogP contribution in [0.1, 0.15) is 27.4 Å². The second-order valence-corrected chi connectivity index (χ2v) is 7.40. The summed E-state index contributed by atoms with van der Waals surface area (Å²) in [5, 5.41) is 3.67. The van der Waals surface area contributed by atoms with Crippen molar-refractivity contribution in [3.05, 3.63) is 58.9 Å². The number of pyridine rings is 1. The molecule has 0 saturated heterocycles. The fourth-order valence-corrected chi connectivity index (χ4v) is 3.93. The number of halogens is 1. The quantitative estimate of drug-likeness (QED) is 0.604. The third kappa shape index (κ3) is 3.21. The van der Waals surface area contributed by atoms with Gasteiger partial charge >= 0.3 is 5.97 Å². The molecule has 1 atom stereocenters. The van der Waals surface area contributed by atoms with Gasteiger partial charge in [-0.05, 0) is 31.7 Å². The van der Waals surface area contributed by atoms with Gasteiger partial charge in [0.15, 0.2) is 17.1 Å². The standard InChI is InChI=1S/C22H22FN3O5/c1-12-7-16-14(9-25-12)8-17(31-16)22(24-2,21(28)30-4)11-26-10-13-5-6-15(29-3)19(23)18(13)20(26)27/h5-9,24H,10-11H2,1-4H3/t22-/m0/s1. The summed E-state index contributed by atoms with van der Waals surface area (Å²) in [6.45, 7) is 1.84. The van der Waals surface area contributed by atoms with Crippen LogP contribution >= 0.6 is 0 Å². The normalized spacial score (nSPS) is 15.1. The molecule has 0 aliphatic carbocycles. The maximum Gasteiger partial charge on any atom is 0.335 e. The van der Waals surface area contributed by atoms with Crippen LogP contribution in [0.4, 0.5) is 4.39 Å². The van der Waals surface area contributed by atoms with Gasteiger partial charge in [0.1, 0.15) is 11.3 Å². The smallest absolute Gasteiger partial charge is 0.335 e. The SMILES string of the molecule is CN[C@](CN1Cc2ccc(OC)c(F)c2C1=O)(C(=O)OC)c1cc2cnc(C)cc2o1. The van der Waals surface area contributed by atoms with Crippen LogP contribution in [0, 0.1) is 12.7 Å². The van der Waals surface area contributed by atoms with Crippen molar-refractivity contribution in [2.45, 2.75) is 19.0 Å². The number of amides is 1. The fourth-order valence-electron chi connectivity index (χ4n) is 3.93. The molecule has 1 aliphatic rings. The highest BCUT2D eigenvalue weighted by atomic mass is 19.1. The highest BCUT2D eigenvalue weighted by Gasteiger charge is 2.47. The van der Waals surface area contributed by atoms with E-state index in [2.05, 4.69) is 10.3 Å². The molecule has 2 aromatic heterocycles. The molecular formula is C22H22FN3O5. The molecule has 3 heterocycles. The van der Waals surface area contributed by atoms with Gasteiger partial charge in [-0.25, -0.2) is 9.18 Å². The Morgan fingerprint density at radius 3 is 2.81 bits per heavy atom. The maximum atomic E-state index is 14.7. The largest absolute Gasteiger partial charge is 0.494 e. The average molecular weight is 427 g/mol. The lowest BCUT2D eigenvalue weighted by Crippen LogP contribution is -2.55. The number of nitrogens with one attached hydrogen (secondary N) is 1. The lowest BCUT2D eigenvalue weighted by atomic mass is 9.95. The van der Waals surface area contributed by atoms with Crippen LogP contribution in [-0.2, 0) is 21.6 Å². The Kier molecular flexibility index (Phi) is 5.14. The molecule has 0 radical (unpaired) electrons. The number of fused-ring (bicyclic) bond motifs is 2. The number of hydrogen-bond acceptors (Lipinski definition) is 7. The number of methoxy groups -OCH3 is 2. The van der Waals surface area contributed by atoms with Crippen LogP contribution in [0.15, 0.2) is 34.9 Å². The number of hydrogen-bond donors (Lipinski definition) is 1. The first-order valence-corrected chi connectivity index (χ1v) is 9.63. The molecule has 0 unspecified atom stereocenters. The number of rotatable bonds is 6. The number of nitrogens with zero attached hydrogens (tertiary/aromatic N) is 2. The summed E-state index contributed by atoms with van der Waals surface area (Å²) in [7, 11) is 4.17. The van der Waals surface area contributed by atoms with E-state index >= 15 is 0 Å². The van der Waals surface area contributed by atoms with Gasteiger partial charge in [0.2, 0.25) is 0 Å². The molecule has 0 fully saturated rings. The molecule has 0 saturated carbocycles. The summed E-state index contributed by atoms with van der Waals surface area (Å²) in [6.07, 6.45) is 1.65. The van der Waals surface area contributed by atoms with Crippen molar-refractivity contribution < 1.29 is 27.9 Å². The summed E-state index contributed by atoms with van der Waals surface area (Å²) in [5.41, 5.74) is 0.273. The molecule has 3 aromatic rings. The van der Waals surface area contributed by atoms with Crippen molar-refractivity contribution in [2.24, 2.45) is 0 Å². The van der Waals surface area contributed by atoms with Crippen LogP contribution < -0.4 is 10.1 Å². The van der Waals surface area contributed by atoms with Gasteiger partial charge in [-0.1, -0.05) is 6.07 Å². The molecule has 1 amide bonds. The van der Waals surface area contributed by atoms with Crippen molar-refractivity contribution in [2.75, 3.05) is 27.8 Å². The molecule has 1 aromatic carbocycles. The number of esters is 1. The van der Waals surface area contributed by atoms with Gasteiger partial charge in [0.05, 0.1) is 26.3 Å². The number of carbonyl (C=O) groups excluding carboxylic acids is 2. The topological polar surface area (TPSA) is 93.9 Å². The lowest BCUT2D eigenvalue weighted by Gasteiger charge is -2.32. The minimum Gasteiger partial charge on any atom is -0.494 e. The van der Waals surface area contributed by atoms with Gasteiger partial charge in [0, 0.05) is 29.9 Å². The summed E-state index contributed by atoms with van der Waals surface area (Å²) in [4.78, 5) is 31.6. The number of benzene rings is 1. The molecule has 9 heteroatoms. The predicted molar refractivity (Wildman–Crippen MR) is 109 cm³/mol. The third-order valence-electron chi connectivity index (χ3n) is 5.62. The van der Waals surface area contributed by atoms with Gasteiger partial charge in [-0.2, -0.15) is 0 Å². The van der Waals surface area contributed by atoms with Crippen LogP contribution in [0.3, 0.4) is 0 Å². The third-order valence-corrected chi connectivity index (χ3v) is 5.62. The summed E-state index contributed by atoms with van der Waals surface area (Å²) in [6, 6.07) is 6.57. The Bertz CT molecular complexity index is 1190. The lowest BCUT2D eigenvalue weighted by molar-refractivity contribution is -0.150. The number of ether oxygens (including phenoxy) is 2. The minimum absolute atomic E-state index is 0.0121. The van der Waals surface area contributed by atoms with E-state index in [0.717, 1.165) is 5.69 Å². The van der Waals surface area contributed by atoms with Crippen LogP contribution in [-0.4, -0.2) is 49.6 Å². The number of likely N-dealkylation sites (N-methyl/N-ethyl adjacent to an activating group) is 1. The van der Waals surface area contributed by atoms with Crippen LogP contribution in [0.2, 0.25) is 0 Å². The van der Waals surface area contributed by atoms with Crippen molar-refractivity contribution >= 4 is 22.8 Å². The van der Waals surface area contributed by atoms with Crippen LogP contribution in [0.25, 0.3) is 11.0 Å². The van der Waals surface area contributed by atoms with E-state index in [1.54, 1.807) is 31.4 Å². The zero-order chi connectivity index (χ0) is 22.3. The van der Waals surface area contributed by atoms with Crippen molar-refractivity contribution in [3.8, 4) is 5.75 Å². The summed E-state index contributed by atoms with van der Waals surface area (Å²) in [5.74, 6) is -1.64. The maximum absolute atomic E-state index is 14.7. The Morgan fingerprint density at radius 1 is 1.35 bits per heavy atom. The number of aromatic nitrogens is 1. The second-order valence-electron chi connectivity index (χ2n) is 7.40. The van der Waals surface area contributed by atoms with Crippen molar-refractivity contribution in [1.82, 2.24) is 15.2 Å². The van der Waals surface area contributed by atoms with E-state index in [9.17, 15) is 14.0 Å². The number of furan rings is 1. The van der Waals surface area contributed by atoms with Gasteiger partial charge in [-0.15, -0.1) is 0 Å². The number of carbonyl (C=O) groups is 2. The monoisotopic (exact) mass is 427 g/mol. The zero-order valence-corrected chi connectivity index (χ0v) is 17.6. The van der Waals surface area contributed by atoms with Crippen molar-refractivity contribution in [1.29, 1.82) is 0 Å². The summed E-state index contributed by atoms with van der Waals surface area (Å²) < 4.78 is 30.8. The molecule has 1 aliphatic heterocycles. The molecule has 0 spiro atoms. The fraction of sp³-hybridized carbons (Fsp3) is 0.318. The van der Waals surface area contributed by atoms with E-state index in [4.69, 9.17) is 13.9 Å². The molecule has 0 bridgehead atoms. The molecular weight excluding hydrogens is 405 g/mol. The van der Waals surface area contributed by atoms with E-state index in [0.29, 0.717) is 16.5 Å². The van der Waals surface area contributed by atoms with Gasteiger partial charge in [-0.3, -0.25) is 15.1 Å². The first kappa shape index (κ1) is 20.8. The molecule has 8 nitrogen and oxygen atoms in total. The van der Waals surface area contributed by atoms with Gasteiger partial charge < -0.3 is 18.8 Å². The Morgan fingerprint density at radius 2 is 2.13 bits per heavy atom. The number of aryl methyl sites for hydroxylation is 1. The zero-order valence-electron chi connectivity index (χ0n) is 17.6. The van der Waals surface area contributed by atoms with E-state index in [1.165, 1.54) is 25.2 Å². The highest BCUT2D eigenvalue weighted by Crippen LogP contribution is 2.35. The Labute approximate surface area is 177 Å². The minimum atomic E-state index is -1.50. The first-order valence-electron chi connectivity index (χ1n) is 9.63. The average Bonchev–Trinajstić information content (AvgIpc) is 3.32. The van der Waals surface area contributed by atoms with Gasteiger partial charge in [0.25, 0.3) is 5.91 Å². The molecule has 31 heavy (non-hydrogen) atoms. The summed E-state index contributed by atoms with van der Waals surface area (Å²) >= 11 is 0. The van der Waals surface area contributed by atoms with E-state index in [1.807, 2.05) is 6.92 Å². The van der Waals surface area contributed by atoms with Crippen LogP contribution in [0.5, 0.6) is 5.75 Å². The molecule has 1 N–H and O–H groups in total. The Hall–Kier alpha value is -3.46. The molecule has 4 rings (SSSR count). The first-order chi connectivity index (χ1) is 14.8. The van der Waals surface area contributed by atoms with E-state index < -0.39 is 23.2 Å². The van der Waals surface area contributed by atoms with Crippen molar-refractivity contribution in [3.63, 3.8) is 0 Å². The molecule has 162 valence electrons. The predicted octanol–water partition coefficient (Wildman–Crippen LogP) is 2.53.